The summed E-state index contributed by atoms with van der Waals surface area (Å²) < 4.78 is 35.5. The molecule has 1 N–H and O–H groups in total. The van der Waals surface area contributed by atoms with Crippen molar-refractivity contribution in [3.8, 4) is 5.75 Å². The maximum absolute atomic E-state index is 12.4. The molecular formula is C14H15F2N3O3. The minimum absolute atomic E-state index is 0.106. The zero-order valence-electron chi connectivity index (χ0n) is 12.0. The van der Waals surface area contributed by atoms with Crippen molar-refractivity contribution in [2.75, 3.05) is 12.4 Å². The molecule has 2 rings (SSSR count). The average Bonchev–Trinajstić information content (AvgIpc) is 2.90. The summed E-state index contributed by atoms with van der Waals surface area (Å²) in [7, 11) is 1.50. The van der Waals surface area contributed by atoms with Crippen LogP contribution in [0.3, 0.4) is 0 Å². The number of nitrogens with one attached hydrogen (secondary N) is 1. The van der Waals surface area contributed by atoms with Gasteiger partial charge in [0.25, 0.3) is 5.91 Å². The van der Waals surface area contributed by atoms with E-state index in [4.69, 9.17) is 4.74 Å². The van der Waals surface area contributed by atoms with Crippen molar-refractivity contribution in [1.82, 2.24) is 9.78 Å². The molecule has 118 valence electrons. The Balaban J connectivity index is 2.17. The number of ether oxygens (including phenoxy) is 2. The Morgan fingerprint density at radius 2 is 2.18 bits per heavy atom. The summed E-state index contributed by atoms with van der Waals surface area (Å²) in [6, 6.07) is 6.03. The summed E-state index contributed by atoms with van der Waals surface area (Å²) in [6.45, 7) is -0.994. The fraction of sp³-hybridized carbons (Fsp3) is 0.286. The number of nitrogens with zero attached hydrogens (tertiary/aromatic N) is 2. The summed E-state index contributed by atoms with van der Waals surface area (Å²) in [5.74, 6) is -0.634. The van der Waals surface area contributed by atoms with Crippen LogP contribution in [0.15, 0.2) is 30.5 Å². The summed E-state index contributed by atoms with van der Waals surface area (Å²) in [5.41, 5.74) is 1.09. The van der Waals surface area contributed by atoms with Crippen molar-refractivity contribution >= 4 is 11.6 Å². The van der Waals surface area contributed by atoms with E-state index in [2.05, 4.69) is 15.2 Å². The van der Waals surface area contributed by atoms with Gasteiger partial charge in [-0.15, -0.1) is 0 Å². The highest BCUT2D eigenvalue weighted by molar-refractivity contribution is 6.03. The highest BCUT2D eigenvalue weighted by atomic mass is 19.3. The Bertz CT molecular complexity index is 659. The maximum Gasteiger partial charge on any atom is 0.387 e. The predicted octanol–water partition coefficient (Wildman–Crippen LogP) is 2.65. The molecule has 0 aliphatic rings. The zero-order chi connectivity index (χ0) is 16.1. The second-order valence-electron chi connectivity index (χ2n) is 4.49. The van der Waals surface area contributed by atoms with Gasteiger partial charge in [0.2, 0.25) is 0 Å². The van der Waals surface area contributed by atoms with Crippen LogP contribution >= 0.6 is 0 Å². The first-order chi connectivity index (χ1) is 10.5. The van der Waals surface area contributed by atoms with Gasteiger partial charge in [-0.3, -0.25) is 4.79 Å². The average molecular weight is 311 g/mol. The molecule has 0 aliphatic heterocycles. The van der Waals surface area contributed by atoms with Gasteiger partial charge in [-0.2, -0.15) is 13.9 Å². The van der Waals surface area contributed by atoms with E-state index >= 15 is 0 Å². The van der Waals surface area contributed by atoms with Gasteiger partial charge < -0.3 is 14.8 Å². The minimum Gasteiger partial charge on any atom is -0.433 e. The van der Waals surface area contributed by atoms with E-state index in [1.54, 1.807) is 25.3 Å². The lowest BCUT2D eigenvalue weighted by molar-refractivity contribution is -0.0493. The number of rotatable bonds is 6. The van der Waals surface area contributed by atoms with Crippen molar-refractivity contribution in [3.63, 3.8) is 0 Å². The highest BCUT2D eigenvalue weighted by Crippen LogP contribution is 2.27. The Morgan fingerprint density at radius 3 is 2.86 bits per heavy atom. The van der Waals surface area contributed by atoms with Crippen LogP contribution in [0.1, 0.15) is 16.1 Å². The van der Waals surface area contributed by atoms with Crippen LogP contribution in [0, 0.1) is 6.92 Å². The summed E-state index contributed by atoms with van der Waals surface area (Å²) >= 11 is 0. The first-order valence-corrected chi connectivity index (χ1v) is 6.39. The Hall–Kier alpha value is -2.48. The van der Waals surface area contributed by atoms with Crippen molar-refractivity contribution in [2.45, 2.75) is 20.3 Å². The van der Waals surface area contributed by atoms with Gasteiger partial charge in [0.05, 0.1) is 5.69 Å². The van der Waals surface area contributed by atoms with Gasteiger partial charge >= 0.3 is 6.61 Å². The normalized spacial score (nSPS) is 10.8. The molecule has 2 aromatic rings. The third kappa shape index (κ3) is 4.01. The molecule has 1 amide bonds. The standard InChI is InChI=1S/C14H15F2N3O3/c1-9-3-4-12(22-14(15)16)11(7-9)17-13(20)10-5-6-19(18-10)8-21-2/h3-7,14H,8H2,1-2H3,(H,17,20). The lowest BCUT2D eigenvalue weighted by atomic mass is 10.2. The molecular weight excluding hydrogens is 296 g/mol. The molecule has 0 bridgehead atoms. The molecule has 0 aliphatic carbocycles. The highest BCUT2D eigenvalue weighted by Gasteiger charge is 2.15. The molecule has 8 heteroatoms. The molecule has 0 saturated carbocycles. The molecule has 1 aromatic carbocycles. The molecule has 0 radical (unpaired) electrons. The third-order valence-corrected chi connectivity index (χ3v) is 2.73. The lowest BCUT2D eigenvalue weighted by Crippen LogP contribution is -2.15. The summed E-state index contributed by atoms with van der Waals surface area (Å²) in [6.07, 6.45) is 1.57. The van der Waals surface area contributed by atoms with Gasteiger partial charge in [0.15, 0.2) is 5.69 Å². The van der Waals surface area contributed by atoms with Crippen LogP contribution < -0.4 is 10.1 Å². The van der Waals surface area contributed by atoms with Gasteiger partial charge in [0.1, 0.15) is 12.5 Å². The number of hydrogen-bond donors (Lipinski definition) is 1. The molecule has 0 spiro atoms. The van der Waals surface area contributed by atoms with Crippen molar-refractivity contribution in [2.24, 2.45) is 0 Å². The quantitative estimate of drug-likeness (QED) is 0.890. The first-order valence-electron chi connectivity index (χ1n) is 6.39. The number of aromatic nitrogens is 2. The smallest absolute Gasteiger partial charge is 0.387 e. The van der Waals surface area contributed by atoms with E-state index in [0.717, 1.165) is 5.56 Å². The van der Waals surface area contributed by atoms with Crippen LogP contribution in [0.4, 0.5) is 14.5 Å². The fourth-order valence-electron chi connectivity index (χ4n) is 1.81. The molecule has 1 aromatic heterocycles. The molecule has 1 heterocycles. The first kappa shape index (κ1) is 15.9. The van der Waals surface area contributed by atoms with Crippen LogP contribution in [-0.4, -0.2) is 29.4 Å². The molecule has 0 saturated heterocycles. The summed E-state index contributed by atoms with van der Waals surface area (Å²) in [4.78, 5) is 12.1. The number of halogens is 2. The second-order valence-corrected chi connectivity index (χ2v) is 4.49. The van der Waals surface area contributed by atoms with Crippen LogP contribution in [0.5, 0.6) is 5.75 Å². The SMILES string of the molecule is COCn1ccc(C(=O)Nc2cc(C)ccc2OC(F)F)n1. The lowest BCUT2D eigenvalue weighted by Gasteiger charge is -2.12. The second kappa shape index (κ2) is 6.99. The van der Waals surface area contributed by atoms with Gasteiger partial charge in [0, 0.05) is 13.3 Å². The van der Waals surface area contributed by atoms with Crippen molar-refractivity contribution < 1.29 is 23.0 Å². The number of aryl methyl sites for hydroxylation is 1. The van der Waals surface area contributed by atoms with Gasteiger partial charge in [-0.25, -0.2) is 4.68 Å². The van der Waals surface area contributed by atoms with E-state index in [0.29, 0.717) is 0 Å². The monoisotopic (exact) mass is 311 g/mol. The molecule has 0 atom stereocenters. The number of methoxy groups -OCH3 is 1. The van der Waals surface area contributed by atoms with E-state index < -0.39 is 12.5 Å². The van der Waals surface area contributed by atoms with Crippen LogP contribution in [0.25, 0.3) is 0 Å². The van der Waals surface area contributed by atoms with Gasteiger partial charge in [-0.1, -0.05) is 6.07 Å². The molecule has 22 heavy (non-hydrogen) atoms. The fourth-order valence-corrected chi connectivity index (χ4v) is 1.81. The van der Waals surface area contributed by atoms with Crippen LogP contribution in [0.2, 0.25) is 0 Å². The third-order valence-electron chi connectivity index (χ3n) is 2.73. The largest absolute Gasteiger partial charge is 0.433 e. The number of anilines is 1. The Kier molecular flexibility index (Phi) is 5.05. The Morgan fingerprint density at radius 1 is 1.41 bits per heavy atom. The van der Waals surface area contributed by atoms with E-state index in [1.807, 2.05) is 0 Å². The molecule has 6 nitrogen and oxygen atoms in total. The zero-order valence-corrected chi connectivity index (χ0v) is 12.0. The maximum atomic E-state index is 12.4. The Labute approximate surface area is 125 Å². The molecule has 0 unspecified atom stereocenters. The van der Waals surface area contributed by atoms with Gasteiger partial charge in [-0.05, 0) is 30.7 Å². The predicted molar refractivity (Wildman–Crippen MR) is 75.0 cm³/mol. The van der Waals surface area contributed by atoms with Crippen molar-refractivity contribution in [1.29, 1.82) is 0 Å². The number of alkyl halides is 2. The number of amides is 1. The van der Waals surface area contributed by atoms with E-state index in [1.165, 1.54) is 23.9 Å². The summed E-state index contributed by atoms with van der Waals surface area (Å²) in [5, 5.41) is 6.51. The van der Waals surface area contributed by atoms with Crippen LogP contribution in [-0.2, 0) is 11.5 Å². The van der Waals surface area contributed by atoms with E-state index in [-0.39, 0.29) is 23.9 Å². The van der Waals surface area contributed by atoms with E-state index in [9.17, 15) is 13.6 Å². The number of carbonyl (C=O) groups is 1. The number of benzene rings is 1. The number of hydrogen-bond acceptors (Lipinski definition) is 4. The van der Waals surface area contributed by atoms with Crippen molar-refractivity contribution in [3.05, 3.63) is 41.7 Å². The minimum atomic E-state index is -2.97. The topological polar surface area (TPSA) is 65.4 Å². The number of carbonyl (C=O) groups excluding carboxylic acids is 1. The molecule has 0 fully saturated rings.